The Labute approximate surface area is 177 Å². The molecule has 0 amide bonds. The Bertz CT molecular complexity index is 915. The monoisotopic (exact) mass is 432 g/mol. The number of primary sulfonamides is 1. The number of nitrogens with one attached hydrogen (secondary N) is 1. The van der Waals surface area contributed by atoms with Gasteiger partial charge in [0.1, 0.15) is 0 Å². The molecule has 6 nitrogen and oxygen atoms in total. The number of likely N-dealkylation sites (tertiary alicyclic amines) is 1. The van der Waals surface area contributed by atoms with Crippen LogP contribution in [0.4, 0.5) is 0 Å². The number of nitrogens with zero attached hydrogens (tertiary/aromatic N) is 2. The molecule has 0 aliphatic carbocycles. The van der Waals surface area contributed by atoms with E-state index in [4.69, 9.17) is 5.14 Å². The predicted molar refractivity (Wildman–Crippen MR) is 120 cm³/mol. The molecule has 1 aliphatic rings. The minimum absolute atomic E-state index is 0.140. The highest BCUT2D eigenvalue weighted by atomic mass is 32.2. The van der Waals surface area contributed by atoms with Crippen LogP contribution in [0.2, 0.25) is 0 Å². The van der Waals surface area contributed by atoms with Crippen LogP contribution in [0.25, 0.3) is 0 Å². The van der Waals surface area contributed by atoms with E-state index >= 15 is 0 Å². The van der Waals surface area contributed by atoms with Gasteiger partial charge in [0, 0.05) is 37.3 Å². The van der Waals surface area contributed by atoms with Crippen LogP contribution >= 0.6 is 11.8 Å². The maximum absolute atomic E-state index is 11.3. The zero-order valence-corrected chi connectivity index (χ0v) is 18.3. The maximum atomic E-state index is 11.3. The molecule has 0 radical (unpaired) electrons. The van der Waals surface area contributed by atoms with E-state index in [1.54, 1.807) is 24.3 Å². The van der Waals surface area contributed by atoms with E-state index < -0.39 is 10.0 Å². The summed E-state index contributed by atoms with van der Waals surface area (Å²) in [7, 11) is -1.82. The van der Waals surface area contributed by atoms with Crippen LogP contribution in [0, 0.1) is 5.92 Å². The van der Waals surface area contributed by atoms with Gasteiger partial charge >= 0.3 is 0 Å². The summed E-state index contributed by atoms with van der Waals surface area (Å²) in [5.74, 6) is 2.70. The van der Waals surface area contributed by atoms with Crippen LogP contribution in [0.3, 0.4) is 0 Å². The lowest BCUT2D eigenvalue weighted by Gasteiger charge is -2.21. The molecule has 1 fully saturated rings. The summed E-state index contributed by atoms with van der Waals surface area (Å²) in [4.78, 5) is 8.21. The molecule has 156 valence electrons. The molecule has 3 rings (SSSR count). The van der Waals surface area contributed by atoms with E-state index in [9.17, 15) is 8.42 Å². The highest BCUT2D eigenvalue weighted by Gasteiger charge is 2.24. The molecule has 0 bridgehead atoms. The van der Waals surface area contributed by atoms with Gasteiger partial charge in [-0.1, -0.05) is 30.3 Å². The molecule has 1 aliphatic heterocycles. The standard InChI is InChI=1S/C21H28N4O2S2/c1-23-21(24-13-11-17-7-9-20(10-8-17)29(22,26)27)25-14-12-18(15-25)16-28-19-5-3-2-4-6-19/h2-10,18H,11-16H2,1H3,(H,23,24)(H2,22,26,27). The Morgan fingerprint density at radius 3 is 2.59 bits per heavy atom. The third-order valence-corrected chi connectivity index (χ3v) is 7.15. The number of hydrogen-bond acceptors (Lipinski definition) is 4. The average Bonchev–Trinajstić information content (AvgIpc) is 3.19. The Morgan fingerprint density at radius 2 is 1.93 bits per heavy atom. The lowest BCUT2D eigenvalue weighted by atomic mass is 10.1. The quantitative estimate of drug-likeness (QED) is 0.399. The zero-order chi connectivity index (χ0) is 20.7. The van der Waals surface area contributed by atoms with Crippen molar-refractivity contribution in [2.45, 2.75) is 22.6 Å². The zero-order valence-electron chi connectivity index (χ0n) is 16.6. The number of benzene rings is 2. The first-order chi connectivity index (χ1) is 14.0. The van der Waals surface area contributed by atoms with Crippen molar-refractivity contribution in [2.75, 3.05) is 32.4 Å². The molecule has 1 heterocycles. The highest BCUT2D eigenvalue weighted by molar-refractivity contribution is 7.99. The second-order valence-electron chi connectivity index (χ2n) is 7.14. The maximum Gasteiger partial charge on any atom is 0.238 e. The number of guanidine groups is 1. The fourth-order valence-electron chi connectivity index (χ4n) is 3.39. The van der Waals surface area contributed by atoms with Crippen LogP contribution in [0.5, 0.6) is 0 Å². The molecule has 29 heavy (non-hydrogen) atoms. The second-order valence-corrected chi connectivity index (χ2v) is 9.79. The number of aliphatic imine (C=N–C) groups is 1. The first kappa shape index (κ1) is 21.7. The van der Waals surface area contributed by atoms with Crippen molar-refractivity contribution in [1.29, 1.82) is 0 Å². The van der Waals surface area contributed by atoms with Crippen LogP contribution in [-0.2, 0) is 16.4 Å². The van der Waals surface area contributed by atoms with Crippen LogP contribution in [0.15, 0.2) is 69.4 Å². The minimum atomic E-state index is -3.64. The molecule has 1 unspecified atom stereocenters. The third kappa shape index (κ3) is 6.48. The molecule has 0 spiro atoms. The van der Waals surface area contributed by atoms with Gasteiger partial charge in [-0.05, 0) is 48.6 Å². The van der Waals surface area contributed by atoms with Crippen molar-refractivity contribution < 1.29 is 8.42 Å². The van der Waals surface area contributed by atoms with Gasteiger partial charge in [-0.25, -0.2) is 13.6 Å². The largest absolute Gasteiger partial charge is 0.356 e. The van der Waals surface area contributed by atoms with Gasteiger partial charge in [0.25, 0.3) is 0 Å². The van der Waals surface area contributed by atoms with E-state index in [-0.39, 0.29) is 4.90 Å². The van der Waals surface area contributed by atoms with Crippen molar-refractivity contribution >= 4 is 27.7 Å². The van der Waals surface area contributed by atoms with Crippen LogP contribution < -0.4 is 10.5 Å². The van der Waals surface area contributed by atoms with Crippen molar-refractivity contribution in [3.8, 4) is 0 Å². The van der Waals surface area contributed by atoms with E-state index in [2.05, 4.69) is 39.5 Å². The van der Waals surface area contributed by atoms with Crippen LogP contribution in [-0.4, -0.2) is 51.7 Å². The van der Waals surface area contributed by atoms with Crippen molar-refractivity contribution in [3.05, 3.63) is 60.2 Å². The van der Waals surface area contributed by atoms with Crippen molar-refractivity contribution in [3.63, 3.8) is 0 Å². The topological polar surface area (TPSA) is 87.8 Å². The van der Waals surface area contributed by atoms with E-state index in [1.807, 2.05) is 24.9 Å². The molecule has 1 saturated heterocycles. The van der Waals surface area contributed by atoms with Crippen molar-refractivity contribution in [1.82, 2.24) is 10.2 Å². The lowest BCUT2D eigenvalue weighted by molar-refractivity contribution is 0.475. The van der Waals surface area contributed by atoms with Gasteiger partial charge in [0.15, 0.2) is 5.96 Å². The van der Waals surface area contributed by atoms with Gasteiger partial charge in [0.2, 0.25) is 10.0 Å². The number of sulfonamides is 1. The lowest BCUT2D eigenvalue weighted by Crippen LogP contribution is -2.41. The Morgan fingerprint density at radius 1 is 1.21 bits per heavy atom. The summed E-state index contributed by atoms with van der Waals surface area (Å²) >= 11 is 1.92. The highest BCUT2D eigenvalue weighted by Crippen LogP contribution is 2.25. The van der Waals surface area contributed by atoms with E-state index in [0.717, 1.165) is 43.3 Å². The number of nitrogens with two attached hydrogens (primary N) is 1. The van der Waals surface area contributed by atoms with Crippen molar-refractivity contribution in [2.24, 2.45) is 16.0 Å². The number of hydrogen-bond donors (Lipinski definition) is 2. The predicted octanol–water partition coefficient (Wildman–Crippen LogP) is 2.57. The molecular weight excluding hydrogens is 404 g/mol. The molecule has 1 atom stereocenters. The normalized spacial score (nSPS) is 17.5. The molecule has 8 heteroatoms. The molecular formula is C21H28N4O2S2. The molecule has 2 aromatic carbocycles. The molecule has 0 saturated carbocycles. The fourth-order valence-corrected chi connectivity index (χ4v) is 4.95. The van der Waals surface area contributed by atoms with Gasteiger partial charge in [-0.15, -0.1) is 11.8 Å². The summed E-state index contributed by atoms with van der Waals surface area (Å²) < 4.78 is 22.7. The summed E-state index contributed by atoms with van der Waals surface area (Å²) in [6.45, 7) is 2.77. The SMILES string of the molecule is CN=C(NCCc1ccc(S(N)(=O)=O)cc1)N1CCC(CSc2ccccc2)C1. The number of thioether (sulfide) groups is 1. The smallest absolute Gasteiger partial charge is 0.238 e. The Balaban J connectivity index is 1.43. The Kier molecular flexibility index (Phi) is 7.57. The van der Waals surface area contributed by atoms with E-state index in [0.29, 0.717) is 5.92 Å². The summed E-state index contributed by atoms with van der Waals surface area (Å²) in [6.07, 6.45) is 1.96. The molecule has 0 aromatic heterocycles. The van der Waals surface area contributed by atoms with E-state index in [1.165, 1.54) is 11.3 Å². The van der Waals surface area contributed by atoms with Gasteiger partial charge < -0.3 is 10.2 Å². The Hall–Kier alpha value is -2.03. The van der Waals surface area contributed by atoms with Gasteiger partial charge in [-0.3, -0.25) is 4.99 Å². The number of rotatable bonds is 7. The van der Waals surface area contributed by atoms with Gasteiger partial charge in [-0.2, -0.15) is 0 Å². The summed E-state index contributed by atoms with van der Waals surface area (Å²) in [6, 6.07) is 17.2. The van der Waals surface area contributed by atoms with Crippen LogP contribution in [0.1, 0.15) is 12.0 Å². The third-order valence-electron chi connectivity index (χ3n) is 4.97. The molecule has 3 N–H and O–H groups in total. The minimum Gasteiger partial charge on any atom is -0.356 e. The fraction of sp³-hybridized carbons (Fsp3) is 0.381. The summed E-state index contributed by atoms with van der Waals surface area (Å²) in [5, 5.41) is 8.56. The van der Waals surface area contributed by atoms with Gasteiger partial charge in [0.05, 0.1) is 4.90 Å². The molecule has 2 aromatic rings. The second kappa shape index (κ2) is 10.1. The first-order valence-corrected chi connectivity index (χ1v) is 12.2. The summed E-state index contributed by atoms with van der Waals surface area (Å²) in [5.41, 5.74) is 1.05. The average molecular weight is 433 g/mol. The first-order valence-electron chi connectivity index (χ1n) is 9.71.